The summed E-state index contributed by atoms with van der Waals surface area (Å²) >= 11 is 2.52. The molecule has 0 amide bonds. The number of hydrogen-bond donors (Lipinski definition) is 0. The second-order valence-electron chi connectivity index (χ2n) is 23.1. The average molecular weight is 1360 g/mol. The standard InChI is InChI=1S/C25H40O8Si.C22H30O5SeSi.C9H17IO3.C5H10O/c1-25(2)32-20(22(33-25)16-27-3)11-9-10-18-14-19(29-5)15-21(31-17-28-4)23(18)24(26)30-12-13-34(6,7)8;1-24-16-27-20-14-18(25-2)13-17(15-28-19-9-7-6-8-10-19)21(20)22(23)26-11-12-29(3,4)5;1-9(2)12-7(4-5-10)8(13-9)6-11-3;1-5-3-2-4-6-5/h9-10,14-15,20,22H,11-13,16-17H2,1-8H3;6-10,13-14H,11-12,15-16H2,1-5H3;7-8H,4-6H2,1-3H3;5H,2-4H2,1H3/b10-9+;;;/t20-,22+;;7-,8+;/m0.0./s1. The van der Waals surface area contributed by atoms with Gasteiger partial charge >= 0.3 is 187 Å². The zero-order chi connectivity index (χ0) is 60.9. The van der Waals surface area contributed by atoms with Gasteiger partial charge < -0.3 is 52.1 Å². The van der Waals surface area contributed by atoms with Crippen LogP contribution in [0.25, 0.3) is 6.08 Å². The Bertz CT molecular complexity index is 2320. The number of alkyl halides is 1. The summed E-state index contributed by atoms with van der Waals surface area (Å²) in [6.45, 7) is 26.1. The Morgan fingerprint density at radius 2 is 1.17 bits per heavy atom. The quantitative estimate of drug-likeness (QED) is 0.0221. The first-order valence-electron chi connectivity index (χ1n) is 28.0. The molecular weight excluding hydrogens is 1270 g/mol. The number of halogens is 1. The van der Waals surface area contributed by atoms with E-state index in [-0.39, 0.29) is 58.9 Å². The van der Waals surface area contributed by atoms with Gasteiger partial charge in [0.2, 0.25) is 0 Å². The number of hydrogen-bond acceptors (Lipinski definition) is 17. The van der Waals surface area contributed by atoms with E-state index in [1.165, 1.54) is 24.4 Å². The van der Waals surface area contributed by atoms with Crippen LogP contribution in [0.3, 0.4) is 0 Å². The Kier molecular flexibility index (Phi) is 33.4. The summed E-state index contributed by atoms with van der Waals surface area (Å²) in [5, 5.41) is 0.732. The first-order chi connectivity index (χ1) is 38.8. The van der Waals surface area contributed by atoms with E-state index in [2.05, 4.69) is 80.9 Å². The van der Waals surface area contributed by atoms with Crippen LogP contribution in [0.5, 0.6) is 23.0 Å². The minimum atomic E-state index is -1.35. The van der Waals surface area contributed by atoms with Gasteiger partial charge in [0, 0.05) is 46.5 Å². The largest absolute Gasteiger partial charge is 0.382 e. The number of rotatable bonds is 28. The van der Waals surface area contributed by atoms with E-state index in [0.717, 1.165) is 40.4 Å². The second kappa shape index (κ2) is 37.4. The molecule has 6 rings (SSSR count). The van der Waals surface area contributed by atoms with Crippen molar-refractivity contribution < 1.29 is 80.6 Å². The molecule has 3 heterocycles. The molecule has 3 aromatic rings. The number of ether oxygens (including phenoxy) is 15. The third-order valence-electron chi connectivity index (χ3n) is 12.6. The molecule has 82 heavy (non-hydrogen) atoms. The Labute approximate surface area is 512 Å². The molecule has 3 fully saturated rings. The van der Waals surface area contributed by atoms with E-state index < -0.39 is 33.7 Å². The summed E-state index contributed by atoms with van der Waals surface area (Å²) in [6.07, 6.45) is 8.41. The van der Waals surface area contributed by atoms with Crippen LogP contribution >= 0.6 is 22.6 Å². The molecule has 464 valence electrons. The van der Waals surface area contributed by atoms with E-state index in [1.54, 1.807) is 53.7 Å². The SMILES string of the molecule is CC1CCCO1.COCOc1cc(OC)cc(/C=C/C[C@@H]2OC(C)(C)O[C@@H]2COC)c1C(=O)OCC[Si](C)(C)C.COCOc1cc(OC)cc(C[Se]c2ccccc2)c1C(=O)OCC[Si](C)(C)C.COC[C@H]1OC(C)(C)O[C@H]1CCI. The maximum Gasteiger partial charge on any atom is 0.163 e. The van der Waals surface area contributed by atoms with Crippen LogP contribution in [-0.4, -0.2) is 179 Å². The van der Waals surface area contributed by atoms with Crippen molar-refractivity contribution >= 4 is 76.2 Å². The molecular formula is C61H97IO17SeSi2. The first-order valence-corrected chi connectivity index (χ1v) is 39.0. The number of methoxy groups -OCH3 is 6. The van der Waals surface area contributed by atoms with Gasteiger partial charge in [-0.3, -0.25) is 0 Å². The molecule has 3 saturated heterocycles. The smallest absolute Gasteiger partial charge is 0.163 e. The van der Waals surface area contributed by atoms with Crippen molar-refractivity contribution in [2.45, 2.75) is 159 Å². The third kappa shape index (κ3) is 27.9. The van der Waals surface area contributed by atoms with Gasteiger partial charge in [0.25, 0.3) is 0 Å². The van der Waals surface area contributed by atoms with Crippen molar-refractivity contribution in [3.8, 4) is 23.0 Å². The van der Waals surface area contributed by atoms with Crippen molar-refractivity contribution in [3.63, 3.8) is 0 Å². The van der Waals surface area contributed by atoms with Crippen molar-refractivity contribution in [2.75, 3.05) is 93.7 Å². The Morgan fingerprint density at radius 1 is 0.671 bits per heavy atom. The van der Waals surface area contributed by atoms with Crippen LogP contribution < -0.4 is 23.4 Å². The van der Waals surface area contributed by atoms with E-state index in [4.69, 9.17) is 71.1 Å². The van der Waals surface area contributed by atoms with Crippen LogP contribution in [0, 0.1) is 0 Å². The topological polar surface area (TPSA) is 173 Å². The molecule has 21 heteroatoms. The molecule has 3 aliphatic rings. The van der Waals surface area contributed by atoms with Crippen molar-refractivity contribution in [2.24, 2.45) is 0 Å². The third-order valence-corrected chi connectivity index (χ3v) is 18.8. The number of carbonyl (C=O) groups excluding carboxylic acids is 2. The predicted octanol–water partition coefficient (Wildman–Crippen LogP) is 11.6. The Morgan fingerprint density at radius 3 is 1.63 bits per heavy atom. The summed E-state index contributed by atoms with van der Waals surface area (Å²) in [4.78, 5) is 26.1. The molecule has 0 saturated carbocycles. The van der Waals surface area contributed by atoms with Crippen LogP contribution in [0.4, 0.5) is 0 Å². The summed E-state index contributed by atoms with van der Waals surface area (Å²) in [6, 6.07) is 19.1. The fourth-order valence-electron chi connectivity index (χ4n) is 8.43. The monoisotopic (exact) mass is 1360 g/mol. The zero-order valence-electron chi connectivity index (χ0n) is 52.1. The minimum Gasteiger partial charge on any atom is -0.382 e. The van der Waals surface area contributed by atoms with Crippen molar-refractivity contribution in [3.05, 3.63) is 82.9 Å². The zero-order valence-corrected chi connectivity index (χ0v) is 57.9. The van der Waals surface area contributed by atoms with Gasteiger partial charge in [-0.2, -0.15) is 0 Å². The van der Waals surface area contributed by atoms with E-state index in [9.17, 15) is 9.59 Å². The van der Waals surface area contributed by atoms with Crippen molar-refractivity contribution in [1.29, 1.82) is 0 Å². The van der Waals surface area contributed by atoms with E-state index in [1.807, 2.05) is 64.1 Å². The molecule has 3 aliphatic heterocycles. The van der Waals surface area contributed by atoms with E-state index in [0.29, 0.717) is 78.6 Å². The maximum absolute atomic E-state index is 13.1. The Hall–Kier alpha value is -3.14. The van der Waals surface area contributed by atoms with Crippen LogP contribution in [0.15, 0.2) is 60.7 Å². The molecule has 5 atom stereocenters. The van der Waals surface area contributed by atoms with Crippen molar-refractivity contribution in [1.82, 2.24) is 0 Å². The van der Waals surface area contributed by atoms with Crippen LogP contribution in [0.1, 0.15) is 92.1 Å². The summed E-state index contributed by atoms with van der Waals surface area (Å²) in [7, 11) is 6.93. The summed E-state index contributed by atoms with van der Waals surface area (Å²) < 4.78 is 84.9. The van der Waals surface area contributed by atoms with Gasteiger partial charge in [0.05, 0.1) is 45.2 Å². The normalized spacial score (nSPS) is 19.9. The van der Waals surface area contributed by atoms with E-state index >= 15 is 0 Å². The molecule has 3 aromatic carbocycles. The fraction of sp³-hybridized carbons (Fsp3) is 0.639. The molecule has 17 nitrogen and oxygen atoms in total. The second-order valence-corrected chi connectivity index (χ2v) is 37.6. The Balaban J connectivity index is 0.000000328. The molecule has 1 unspecified atom stereocenters. The molecule has 0 aliphatic carbocycles. The van der Waals surface area contributed by atoms with Gasteiger partial charge in [-0.1, -0.05) is 54.4 Å². The fourth-order valence-corrected chi connectivity index (χ4v) is 12.4. The summed E-state index contributed by atoms with van der Waals surface area (Å²) in [5.74, 6) is 0.0723. The van der Waals surface area contributed by atoms with Gasteiger partial charge in [0.1, 0.15) is 29.3 Å². The number of esters is 2. The van der Waals surface area contributed by atoms with Gasteiger partial charge in [-0.25, -0.2) is 4.79 Å². The molecule has 0 spiro atoms. The van der Waals surface area contributed by atoms with Crippen LogP contribution in [-0.2, 0) is 57.4 Å². The minimum absolute atomic E-state index is 0.00740. The number of carbonyl (C=O) groups is 2. The van der Waals surface area contributed by atoms with Gasteiger partial charge in [-0.15, -0.1) is 0 Å². The molecule has 0 aromatic heterocycles. The molecule has 0 radical (unpaired) electrons. The summed E-state index contributed by atoms with van der Waals surface area (Å²) in [5.41, 5.74) is 2.31. The molecule has 0 bridgehead atoms. The molecule has 0 N–H and O–H groups in total. The van der Waals surface area contributed by atoms with Gasteiger partial charge in [0.15, 0.2) is 18.4 Å². The average Bonchev–Trinajstić information content (AvgIpc) is 4.18. The predicted molar refractivity (Wildman–Crippen MR) is 337 cm³/mol. The number of benzene rings is 3. The first kappa shape index (κ1) is 73.1. The van der Waals surface area contributed by atoms with Crippen LogP contribution in [0.2, 0.25) is 51.4 Å². The maximum atomic E-state index is 13.1. The van der Waals surface area contributed by atoms with Gasteiger partial charge in [-0.05, 0) is 78.0 Å².